The van der Waals surface area contributed by atoms with Crippen LogP contribution in [0.4, 0.5) is 0 Å². The molecule has 1 atom stereocenters. The molecule has 0 bridgehead atoms. The van der Waals surface area contributed by atoms with Gasteiger partial charge in [-0.15, -0.1) is 0 Å². The number of hydrogen-bond donors (Lipinski definition) is 1. The van der Waals surface area contributed by atoms with E-state index in [4.69, 9.17) is 9.47 Å². The summed E-state index contributed by atoms with van der Waals surface area (Å²) in [6, 6.07) is 25.4. The maximum atomic E-state index is 13.3. The van der Waals surface area contributed by atoms with Gasteiger partial charge in [0.05, 0.1) is 12.0 Å². The van der Waals surface area contributed by atoms with Crippen LogP contribution in [0.25, 0.3) is 6.08 Å². The number of rotatable bonds is 11. The normalized spacial score (nSPS) is 11.9. The average molecular weight is 514 g/mol. The lowest BCUT2D eigenvalue weighted by Gasteiger charge is -2.20. The zero-order valence-electron chi connectivity index (χ0n) is 21.5. The fourth-order valence-electron chi connectivity index (χ4n) is 3.64. The van der Waals surface area contributed by atoms with E-state index in [2.05, 4.69) is 5.32 Å². The van der Waals surface area contributed by atoms with Crippen molar-refractivity contribution in [2.24, 2.45) is 5.92 Å². The molecule has 3 aromatic carbocycles. The predicted octanol–water partition coefficient (Wildman–Crippen LogP) is 5.12. The highest BCUT2D eigenvalue weighted by Crippen LogP contribution is 2.15. The van der Waals surface area contributed by atoms with Crippen molar-refractivity contribution in [1.29, 1.82) is 0 Å². The van der Waals surface area contributed by atoms with Crippen molar-refractivity contribution >= 4 is 29.9 Å². The van der Waals surface area contributed by atoms with Gasteiger partial charge in [0.25, 0.3) is 0 Å². The highest BCUT2D eigenvalue weighted by Gasteiger charge is 2.26. The zero-order chi connectivity index (χ0) is 27.3. The van der Waals surface area contributed by atoms with E-state index in [0.29, 0.717) is 12.0 Å². The Balaban J connectivity index is 1.74. The summed E-state index contributed by atoms with van der Waals surface area (Å²) in [5, 5.41) is 2.72. The van der Waals surface area contributed by atoms with Crippen molar-refractivity contribution in [2.45, 2.75) is 39.3 Å². The van der Waals surface area contributed by atoms with Gasteiger partial charge in [0.15, 0.2) is 0 Å². The van der Waals surface area contributed by atoms with E-state index < -0.39 is 36.3 Å². The molecule has 0 saturated carbocycles. The number of carbonyl (C=O) groups is 4. The molecule has 0 unspecified atom stereocenters. The molecule has 3 aromatic rings. The molecular weight excluding hydrogens is 482 g/mol. The van der Waals surface area contributed by atoms with Gasteiger partial charge in [-0.05, 0) is 41.7 Å². The molecule has 1 N–H and O–H groups in total. The topological polar surface area (TPSA) is 98.8 Å². The molecule has 0 aromatic heterocycles. The smallest absolute Gasteiger partial charge is 0.345 e. The summed E-state index contributed by atoms with van der Waals surface area (Å²) >= 11 is 0. The molecule has 0 saturated heterocycles. The molecule has 3 rings (SSSR count). The third kappa shape index (κ3) is 9.17. The van der Waals surface area contributed by atoms with Crippen LogP contribution in [0.15, 0.2) is 96.6 Å². The van der Waals surface area contributed by atoms with Gasteiger partial charge in [0, 0.05) is 5.57 Å². The second kappa shape index (κ2) is 14.3. The van der Waals surface area contributed by atoms with Crippen LogP contribution in [0.5, 0.6) is 0 Å². The van der Waals surface area contributed by atoms with E-state index in [0.717, 1.165) is 5.56 Å². The van der Waals surface area contributed by atoms with Crippen LogP contribution in [0, 0.1) is 5.92 Å². The minimum atomic E-state index is -0.924. The Labute approximate surface area is 222 Å². The third-order valence-corrected chi connectivity index (χ3v) is 5.50. The maximum absolute atomic E-state index is 13.3. The van der Waals surface area contributed by atoms with Gasteiger partial charge in [0.1, 0.15) is 12.6 Å². The number of nitrogens with one attached hydrogen (secondary N) is 1. The van der Waals surface area contributed by atoms with Crippen molar-refractivity contribution in [3.63, 3.8) is 0 Å². The summed E-state index contributed by atoms with van der Waals surface area (Å²) in [7, 11) is 0. The fourth-order valence-corrected chi connectivity index (χ4v) is 3.64. The number of ether oxygens (including phenoxy) is 2. The average Bonchev–Trinajstić information content (AvgIpc) is 2.92. The SMILES string of the molecule is CC(C)C[C@H](NC(=O)C(=Cc1ccccc1)CC(=O)OC(=O)c1ccccc1)C(=O)OCc1ccccc1. The predicted molar refractivity (Wildman–Crippen MR) is 144 cm³/mol. The van der Waals surface area contributed by atoms with E-state index >= 15 is 0 Å². The van der Waals surface area contributed by atoms with Crippen LogP contribution in [0.2, 0.25) is 0 Å². The van der Waals surface area contributed by atoms with Crippen molar-refractivity contribution in [3.8, 4) is 0 Å². The molecule has 0 aliphatic rings. The van der Waals surface area contributed by atoms with Gasteiger partial charge in [-0.1, -0.05) is 92.7 Å². The second-order valence-electron chi connectivity index (χ2n) is 9.13. The highest BCUT2D eigenvalue weighted by molar-refractivity contribution is 6.05. The first-order chi connectivity index (χ1) is 18.3. The van der Waals surface area contributed by atoms with Crippen LogP contribution in [0.1, 0.15) is 48.2 Å². The van der Waals surface area contributed by atoms with E-state index in [-0.39, 0.29) is 23.7 Å². The number of amides is 1. The number of hydrogen-bond acceptors (Lipinski definition) is 6. The Morgan fingerprint density at radius 2 is 1.39 bits per heavy atom. The fraction of sp³-hybridized carbons (Fsp3) is 0.226. The third-order valence-electron chi connectivity index (χ3n) is 5.50. The molecule has 0 aliphatic carbocycles. The number of benzene rings is 3. The Morgan fingerprint density at radius 1 is 0.816 bits per heavy atom. The van der Waals surface area contributed by atoms with Gasteiger partial charge in [-0.3, -0.25) is 9.59 Å². The molecule has 196 valence electrons. The monoisotopic (exact) mass is 513 g/mol. The maximum Gasteiger partial charge on any atom is 0.345 e. The largest absolute Gasteiger partial charge is 0.459 e. The lowest BCUT2D eigenvalue weighted by atomic mass is 10.0. The van der Waals surface area contributed by atoms with Crippen LogP contribution >= 0.6 is 0 Å². The Kier molecular flexibility index (Phi) is 10.5. The highest BCUT2D eigenvalue weighted by atomic mass is 16.6. The summed E-state index contributed by atoms with van der Waals surface area (Å²) in [5.41, 5.74) is 1.77. The van der Waals surface area contributed by atoms with E-state index in [9.17, 15) is 19.2 Å². The Morgan fingerprint density at radius 3 is 2.00 bits per heavy atom. The van der Waals surface area contributed by atoms with Crippen LogP contribution in [0.3, 0.4) is 0 Å². The Bertz CT molecular complexity index is 1250. The molecule has 0 radical (unpaired) electrons. The van der Waals surface area contributed by atoms with Crippen LogP contribution < -0.4 is 5.32 Å². The summed E-state index contributed by atoms with van der Waals surface area (Å²) in [6.07, 6.45) is 1.41. The molecule has 0 heterocycles. The molecule has 0 aliphatic heterocycles. The summed E-state index contributed by atoms with van der Waals surface area (Å²) < 4.78 is 10.4. The van der Waals surface area contributed by atoms with E-state index in [1.807, 2.05) is 50.2 Å². The summed E-state index contributed by atoms with van der Waals surface area (Å²) in [5.74, 6) is -2.81. The standard InChI is InChI=1S/C31H31NO6/c1-22(2)18-27(31(36)37-21-24-14-8-4-9-15-24)32-29(34)26(19-23-12-6-3-7-13-23)20-28(33)38-30(35)25-16-10-5-11-17-25/h3-17,19,22,27H,18,20-21H2,1-2H3,(H,32,34)/t27-/m0/s1. The Hall–Kier alpha value is -4.52. The van der Waals surface area contributed by atoms with Gasteiger partial charge in [-0.2, -0.15) is 0 Å². The van der Waals surface area contributed by atoms with Gasteiger partial charge in [-0.25, -0.2) is 9.59 Å². The van der Waals surface area contributed by atoms with Crippen molar-refractivity contribution < 1.29 is 28.7 Å². The quantitative estimate of drug-likeness (QED) is 0.217. The van der Waals surface area contributed by atoms with E-state index in [1.54, 1.807) is 42.5 Å². The summed E-state index contributed by atoms with van der Waals surface area (Å²) in [6.45, 7) is 3.93. The van der Waals surface area contributed by atoms with Crippen molar-refractivity contribution in [1.82, 2.24) is 5.32 Å². The number of esters is 3. The van der Waals surface area contributed by atoms with Crippen LogP contribution in [-0.2, 0) is 30.5 Å². The van der Waals surface area contributed by atoms with Crippen molar-refractivity contribution in [3.05, 3.63) is 113 Å². The molecule has 38 heavy (non-hydrogen) atoms. The molecule has 1 amide bonds. The molecule has 7 nitrogen and oxygen atoms in total. The first-order valence-electron chi connectivity index (χ1n) is 12.4. The van der Waals surface area contributed by atoms with Gasteiger partial charge < -0.3 is 14.8 Å². The second-order valence-corrected chi connectivity index (χ2v) is 9.13. The van der Waals surface area contributed by atoms with Crippen molar-refractivity contribution in [2.75, 3.05) is 0 Å². The van der Waals surface area contributed by atoms with Gasteiger partial charge >= 0.3 is 17.9 Å². The van der Waals surface area contributed by atoms with E-state index in [1.165, 1.54) is 18.2 Å². The summed E-state index contributed by atoms with van der Waals surface area (Å²) in [4.78, 5) is 51.2. The van der Waals surface area contributed by atoms with Gasteiger partial charge in [0.2, 0.25) is 5.91 Å². The molecular formula is C31H31NO6. The molecule has 0 spiro atoms. The zero-order valence-corrected chi connectivity index (χ0v) is 21.5. The number of carbonyl (C=O) groups excluding carboxylic acids is 4. The molecule has 0 fully saturated rings. The molecule has 7 heteroatoms. The minimum Gasteiger partial charge on any atom is -0.459 e. The van der Waals surface area contributed by atoms with Crippen LogP contribution in [-0.4, -0.2) is 29.9 Å². The lowest BCUT2D eigenvalue weighted by molar-refractivity contribution is -0.149. The first-order valence-corrected chi connectivity index (χ1v) is 12.4. The minimum absolute atomic E-state index is 0.0478. The lowest BCUT2D eigenvalue weighted by Crippen LogP contribution is -2.43. The first kappa shape index (κ1) is 28.1.